The summed E-state index contributed by atoms with van der Waals surface area (Å²) in [6.45, 7) is 5.47. The highest BCUT2D eigenvalue weighted by Crippen LogP contribution is 2.20. The molecule has 1 aromatic carbocycles. The molecule has 2 unspecified atom stereocenters. The van der Waals surface area contributed by atoms with Gasteiger partial charge in [0.15, 0.2) is 0 Å². The van der Waals surface area contributed by atoms with Crippen LogP contribution >= 0.6 is 11.6 Å². The van der Waals surface area contributed by atoms with Crippen LogP contribution in [0.15, 0.2) is 24.3 Å². The number of likely N-dealkylation sites (tertiary alicyclic amines) is 1. The van der Waals surface area contributed by atoms with E-state index < -0.39 is 0 Å². The average Bonchev–Trinajstić information content (AvgIpc) is 2.65. The molecule has 1 heterocycles. The first-order chi connectivity index (χ1) is 12.5. The summed E-state index contributed by atoms with van der Waals surface area (Å²) in [6, 6.07) is 7.13. The van der Waals surface area contributed by atoms with Gasteiger partial charge in [0.05, 0.1) is 5.92 Å². The maximum atomic E-state index is 12.7. The van der Waals surface area contributed by atoms with Gasteiger partial charge >= 0.3 is 0 Å². The summed E-state index contributed by atoms with van der Waals surface area (Å²) >= 11 is 5.89. The summed E-state index contributed by atoms with van der Waals surface area (Å²) in [6.07, 6.45) is 7.59. The molecule has 26 heavy (non-hydrogen) atoms. The number of hydrogen-bond acceptors (Lipinski definition) is 2. The minimum absolute atomic E-state index is 0.0215. The molecule has 1 N–H and O–H groups in total. The number of rotatable bonds is 8. The monoisotopic (exact) mass is 378 g/mol. The summed E-state index contributed by atoms with van der Waals surface area (Å²) in [5, 5.41) is 3.75. The fraction of sp³-hybridized carbons (Fsp3) is 0.619. The number of piperidine rings is 1. The summed E-state index contributed by atoms with van der Waals surface area (Å²) in [5.74, 6) is -0.0496. The minimum atomic E-state index is -0.113. The normalized spacial score (nSPS) is 18.4. The number of nitrogens with one attached hydrogen (secondary N) is 1. The Labute approximate surface area is 162 Å². The van der Waals surface area contributed by atoms with E-state index in [1.54, 1.807) is 29.2 Å². The molecule has 1 aliphatic rings. The molecule has 2 rings (SSSR count). The Kier molecular flexibility index (Phi) is 8.43. The molecule has 1 aliphatic heterocycles. The van der Waals surface area contributed by atoms with Crippen LogP contribution in [0.5, 0.6) is 0 Å². The lowest BCUT2D eigenvalue weighted by atomic mass is 9.96. The SMILES string of the molecule is CCCCCCC(C)NC(=O)C1CCCN(C(=O)c2ccc(Cl)cc2)C1. The Balaban J connectivity index is 1.83. The highest BCUT2D eigenvalue weighted by atomic mass is 35.5. The van der Waals surface area contributed by atoms with Crippen LogP contribution in [0.2, 0.25) is 5.02 Å². The lowest BCUT2D eigenvalue weighted by Gasteiger charge is -2.32. The van der Waals surface area contributed by atoms with Crippen LogP contribution in [0, 0.1) is 5.92 Å². The molecule has 0 aliphatic carbocycles. The molecule has 144 valence electrons. The first-order valence-corrected chi connectivity index (χ1v) is 10.2. The van der Waals surface area contributed by atoms with Crippen LogP contribution in [0.25, 0.3) is 0 Å². The second kappa shape index (κ2) is 10.6. The second-order valence-corrected chi connectivity index (χ2v) is 7.79. The van der Waals surface area contributed by atoms with Crippen LogP contribution in [0.1, 0.15) is 69.2 Å². The number of amides is 2. The third kappa shape index (κ3) is 6.31. The van der Waals surface area contributed by atoms with Crippen LogP contribution < -0.4 is 5.32 Å². The van der Waals surface area contributed by atoms with Crippen molar-refractivity contribution in [3.63, 3.8) is 0 Å². The topological polar surface area (TPSA) is 49.4 Å². The van der Waals surface area contributed by atoms with Crippen LogP contribution in [-0.4, -0.2) is 35.8 Å². The van der Waals surface area contributed by atoms with Crippen molar-refractivity contribution in [3.8, 4) is 0 Å². The second-order valence-electron chi connectivity index (χ2n) is 7.36. The maximum Gasteiger partial charge on any atom is 0.253 e. The lowest BCUT2D eigenvalue weighted by Crippen LogP contribution is -2.47. The molecule has 1 fully saturated rings. The molecule has 0 aromatic heterocycles. The highest BCUT2D eigenvalue weighted by molar-refractivity contribution is 6.30. The third-order valence-corrected chi connectivity index (χ3v) is 5.30. The molecule has 0 bridgehead atoms. The molecule has 0 spiro atoms. The van der Waals surface area contributed by atoms with Gasteiger partial charge in [0.2, 0.25) is 5.91 Å². The summed E-state index contributed by atoms with van der Waals surface area (Å²) < 4.78 is 0. The molecule has 1 saturated heterocycles. The number of carbonyl (C=O) groups is 2. The number of benzene rings is 1. The zero-order valence-electron chi connectivity index (χ0n) is 16.0. The molecular weight excluding hydrogens is 348 g/mol. The van der Waals surface area contributed by atoms with Gasteiger partial charge in [-0.3, -0.25) is 9.59 Å². The zero-order chi connectivity index (χ0) is 18.9. The zero-order valence-corrected chi connectivity index (χ0v) is 16.7. The Bertz CT molecular complexity index is 588. The first-order valence-electron chi connectivity index (χ1n) is 9.86. The van der Waals surface area contributed by atoms with Crippen LogP contribution in [0.4, 0.5) is 0 Å². The molecule has 1 aromatic rings. The minimum Gasteiger partial charge on any atom is -0.353 e. The van der Waals surface area contributed by atoms with Gasteiger partial charge in [-0.1, -0.05) is 44.2 Å². The van der Waals surface area contributed by atoms with Crippen molar-refractivity contribution in [2.24, 2.45) is 5.92 Å². The van der Waals surface area contributed by atoms with E-state index in [-0.39, 0.29) is 23.8 Å². The predicted molar refractivity (Wildman–Crippen MR) is 106 cm³/mol. The lowest BCUT2D eigenvalue weighted by molar-refractivity contribution is -0.127. The number of halogens is 1. The van der Waals surface area contributed by atoms with Gasteiger partial charge in [0, 0.05) is 29.7 Å². The number of carbonyl (C=O) groups excluding carboxylic acids is 2. The van der Waals surface area contributed by atoms with Crippen molar-refractivity contribution in [2.45, 2.75) is 64.8 Å². The van der Waals surface area contributed by atoms with Gasteiger partial charge in [-0.05, 0) is 50.5 Å². The number of hydrogen-bond donors (Lipinski definition) is 1. The van der Waals surface area contributed by atoms with Crippen molar-refractivity contribution in [1.82, 2.24) is 10.2 Å². The van der Waals surface area contributed by atoms with Crippen LogP contribution in [0.3, 0.4) is 0 Å². The van der Waals surface area contributed by atoms with Gasteiger partial charge in [-0.2, -0.15) is 0 Å². The highest BCUT2D eigenvalue weighted by Gasteiger charge is 2.29. The van der Waals surface area contributed by atoms with E-state index in [0.717, 1.165) is 25.7 Å². The Morgan fingerprint density at radius 2 is 1.96 bits per heavy atom. The fourth-order valence-electron chi connectivity index (χ4n) is 3.46. The molecule has 4 nitrogen and oxygen atoms in total. The third-order valence-electron chi connectivity index (χ3n) is 5.05. The predicted octanol–water partition coefficient (Wildman–Crippen LogP) is 4.67. The van der Waals surface area contributed by atoms with E-state index >= 15 is 0 Å². The molecule has 5 heteroatoms. The summed E-state index contributed by atoms with van der Waals surface area (Å²) in [7, 11) is 0. The molecule has 2 amide bonds. The molecule has 2 atom stereocenters. The van der Waals surface area contributed by atoms with Crippen molar-refractivity contribution < 1.29 is 9.59 Å². The smallest absolute Gasteiger partial charge is 0.253 e. The van der Waals surface area contributed by atoms with E-state index in [0.29, 0.717) is 23.7 Å². The van der Waals surface area contributed by atoms with Gasteiger partial charge < -0.3 is 10.2 Å². The largest absolute Gasteiger partial charge is 0.353 e. The summed E-state index contributed by atoms with van der Waals surface area (Å²) in [5.41, 5.74) is 0.625. The van der Waals surface area contributed by atoms with Crippen LogP contribution in [-0.2, 0) is 4.79 Å². The average molecular weight is 379 g/mol. The van der Waals surface area contributed by atoms with Crippen molar-refractivity contribution in [1.29, 1.82) is 0 Å². The molecular formula is C21H31ClN2O2. The van der Waals surface area contributed by atoms with E-state index in [1.807, 2.05) is 0 Å². The fourth-order valence-corrected chi connectivity index (χ4v) is 3.59. The van der Waals surface area contributed by atoms with E-state index in [2.05, 4.69) is 19.2 Å². The van der Waals surface area contributed by atoms with Crippen molar-refractivity contribution in [3.05, 3.63) is 34.9 Å². The Hall–Kier alpha value is -1.55. The Morgan fingerprint density at radius 1 is 1.23 bits per heavy atom. The Morgan fingerprint density at radius 3 is 2.65 bits per heavy atom. The van der Waals surface area contributed by atoms with Gasteiger partial charge in [-0.15, -0.1) is 0 Å². The number of unbranched alkanes of at least 4 members (excludes halogenated alkanes) is 3. The van der Waals surface area contributed by atoms with Gasteiger partial charge in [-0.25, -0.2) is 0 Å². The standard InChI is InChI=1S/C21H31ClN2O2/c1-3-4-5-6-8-16(2)23-20(25)18-9-7-14-24(15-18)21(26)17-10-12-19(22)13-11-17/h10-13,16,18H,3-9,14-15H2,1-2H3,(H,23,25). The van der Waals surface area contributed by atoms with Crippen molar-refractivity contribution >= 4 is 23.4 Å². The van der Waals surface area contributed by atoms with E-state index in [4.69, 9.17) is 11.6 Å². The first kappa shape index (κ1) is 20.8. The maximum absolute atomic E-state index is 12.7. The molecule has 0 radical (unpaired) electrons. The number of nitrogens with zero attached hydrogens (tertiary/aromatic N) is 1. The quantitative estimate of drug-likeness (QED) is 0.668. The van der Waals surface area contributed by atoms with E-state index in [1.165, 1.54) is 19.3 Å². The van der Waals surface area contributed by atoms with Crippen molar-refractivity contribution in [2.75, 3.05) is 13.1 Å². The van der Waals surface area contributed by atoms with E-state index in [9.17, 15) is 9.59 Å². The van der Waals surface area contributed by atoms with Gasteiger partial charge in [0.1, 0.15) is 0 Å². The molecule has 0 saturated carbocycles. The van der Waals surface area contributed by atoms with Gasteiger partial charge in [0.25, 0.3) is 5.91 Å². The summed E-state index contributed by atoms with van der Waals surface area (Å²) in [4.78, 5) is 27.0.